The number of hydrogen-bond donors (Lipinski definition) is 1. The molecule has 0 atom stereocenters. The van der Waals surface area contributed by atoms with Gasteiger partial charge in [-0.2, -0.15) is 18.3 Å². The Morgan fingerprint density at radius 3 is 2.43 bits per heavy atom. The van der Waals surface area contributed by atoms with Crippen LogP contribution in [0.2, 0.25) is 0 Å². The zero-order chi connectivity index (χ0) is 21.1. The molecule has 2 heterocycles. The van der Waals surface area contributed by atoms with Crippen molar-refractivity contribution < 1.29 is 18.0 Å². The highest BCUT2D eigenvalue weighted by atomic mass is 19.4. The van der Waals surface area contributed by atoms with Crippen molar-refractivity contribution in [2.75, 3.05) is 0 Å². The first-order valence-corrected chi connectivity index (χ1v) is 9.91. The summed E-state index contributed by atoms with van der Waals surface area (Å²) >= 11 is 0. The Hall–Kier alpha value is -3.16. The second-order valence-electron chi connectivity index (χ2n) is 7.42. The number of hydrogen-bond acceptors (Lipinski definition) is 3. The fourth-order valence-corrected chi connectivity index (χ4v) is 3.70. The number of nitrogens with zero attached hydrogens (tertiary/aromatic N) is 3. The van der Waals surface area contributed by atoms with Gasteiger partial charge in [0.2, 0.25) is 0 Å². The third-order valence-electron chi connectivity index (χ3n) is 5.27. The van der Waals surface area contributed by atoms with Gasteiger partial charge in [-0.25, -0.2) is 4.68 Å². The predicted molar refractivity (Wildman–Crippen MR) is 106 cm³/mol. The zero-order valence-electron chi connectivity index (χ0n) is 16.2. The van der Waals surface area contributed by atoms with Gasteiger partial charge in [0.1, 0.15) is 5.69 Å². The number of amides is 1. The second-order valence-corrected chi connectivity index (χ2v) is 7.42. The van der Waals surface area contributed by atoms with Crippen LogP contribution in [0, 0.1) is 0 Å². The van der Waals surface area contributed by atoms with Crippen molar-refractivity contribution >= 4 is 5.91 Å². The maximum Gasteiger partial charge on any atom is 0.433 e. The van der Waals surface area contributed by atoms with E-state index in [1.807, 2.05) is 0 Å². The van der Waals surface area contributed by atoms with Crippen molar-refractivity contribution in [3.63, 3.8) is 0 Å². The van der Waals surface area contributed by atoms with Gasteiger partial charge in [0, 0.05) is 29.6 Å². The van der Waals surface area contributed by atoms with E-state index in [1.165, 1.54) is 36.9 Å². The van der Waals surface area contributed by atoms with Gasteiger partial charge in [-0.05, 0) is 55.3 Å². The number of rotatable bonds is 4. The smallest absolute Gasteiger partial charge is 0.349 e. The van der Waals surface area contributed by atoms with E-state index in [2.05, 4.69) is 15.4 Å². The summed E-state index contributed by atoms with van der Waals surface area (Å²) in [4.78, 5) is 16.4. The number of pyridine rings is 1. The summed E-state index contributed by atoms with van der Waals surface area (Å²) in [6.07, 6.45) is 3.74. The molecule has 0 unspecified atom stereocenters. The van der Waals surface area contributed by atoms with Crippen LogP contribution in [0.5, 0.6) is 0 Å². The van der Waals surface area contributed by atoms with E-state index >= 15 is 0 Å². The summed E-state index contributed by atoms with van der Waals surface area (Å²) in [6.45, 7) is 0. The Morgan fingerprint density at radius 2 is 1.80 bits per heavy atom. The number of aromatic nitrogens is 3. The first kappa shape index (κ1) is 20.1. The number of halogens is 3. The van der Waals surface area contributed by atoms with Crippen molar-refractivity contribution in [1.82, 2.24) is 20.1 Å². The molecule has 4 rings (SSSR count). The van der Waals surface area contributed by atoms with E-state index in [4.69, 9.17) is 0 Å². The molecular weight excluding hydrogens is 393 g/mol. The topological polar surface area (TPSA) is 59.8 Å². The van der Waals surface area contributed by atoms with Gasteiger partial charge in [-0.15, -0.1) is 0 Å². The molecule has 0 radical (unpaired) electrons. The van der Waals surface area contributed by atoms with Crippen molar-refractivity contribution in [3.8, 4) is 16.9 Å². The minimum absolute atomic E-state index is 0.163. The molecule has 156 valence electrons. The molecule has 1 fully saturated rings. The third-order valence-corrected chi connectivity index (χ3v) is 5.27. The highest BCUT2D eigenvalue weighted by Gasteiger charge is 2.36. The number of alkyl halides is 3. The first-order chi connectivity index (χ1) is 14.4. The van der Waals surface area contributed by atoms with Gasteiger partial charge in [-0.3, -0.25) is 9.78 Å². The van der Waals surface area contributed by atoms with E-state index in [0.717, 1.165) is 36.4 Å². The van der Waals surface area contributed by atoms with Gasteiger partial charge in [0.15, 0.2) is 0 Å². The standard InChI is InChI=1S/C22H21F3N4O/c23-22(24,25)20-13-19(16-5-4-12-26-14-16)28-29(20)18-10-8-15(9-11-18)21(30)27-17-6-2-1-3-7-17/h4-5,8-14,17H,1-3,6-7H2,(H,27,30). The normalized spacial score (nSPS) is 15.2. The average Bonchev–Trinajstić information content (AvgIpc) is 3.21. The fourth-order valence-electron chi connectivity index (χ4n) is 3.70. The second kappa shape index (κ2) is 8.30. The van der Waals surface area contributed by atoms with Gasteiger partial charge >= 0.3 is 6.18 Å². The van der Waals surface area contributed by atoms with Crippen LogP contribution < -0.4 is 5.32 Å². The van der Waals surface area contributed by atoms with E-state index in [-0.39, 0.29) is 23.3 Å². The summed E-state index contributed by atoms with van der Waals surface area (Å²) in [5.74, 6) is -0.207. The highest BCUT2D eigenvalue weighted by molar-refractivity contribution is 5.94. The first-order valence-electron chi connectivity index (χ1n) is 9.91. The molecule has 0 spiro atoms. The van der Waals surface area contributed by atoms with Crippen LogP contribution in [0.25, 0.3) is 16.9 Å². The van der Waals surface area contributed by atoms with Crippen LogP contribution in [0.3, 0.4) is 0 Å². The molecular formula is C22H21F3N4O. The average molecular weight is 414 g/mol. The number of nitrogens with one attached hydrogen (secondary N) is 1. The van der Waals surface area contributed by atoms with Gasteiger partial charge in [-0.1, -0.05) is 19.3 Å². The van der Waals surface area contributed by atoms with E-state index in [0.29, 0.717) is 11.1 Å². The Bertz CT molecular complexity index is 1010. The van der Waals surface area contributed by atoms with Gasteiger partial charge in [0.25, 0.3) is 5.91 Å². The summed E-state index contributed by atoms with van der Waals surface area (Å²) < 4.78 is 41.6. The van der Waals surface area contributed by atoms with Crippen LogP contribution in [0.4, 0.5) is 13.2 Å². The Balaban J connectivity index is 1.60. The zero-order valence-corrected chi connectivity index (χ0v) is 16.2. The summed E-state index contributed by atoms with van der Waals surface area (Å²) in [5.41, 5.74) is 0.421. The van der Waals surface area contributed by atoms with Crippen LogP contribution >= 0.6 is 0 Å². The minimum Gasteiger partial charge on any atom is -0.349 e. The molecule has 8 heteroatoms. The van der Waals surface area contributed by atoms with E-state index < -0.39 is 11.9 Å². The SMILES string of the molecule is O=C(NC1CCCCC1)c1ccc(-n2nc(-c3cccnc3)cc2C(F)(F)F)cc1. The lowest BCUT2D eigenvalue weighted by molar-refractivity contribution is -0.142. The van der Waals surface area contributed by atoms with E-state index in [1.54, 1.807) is 18.3 Å². The molecule has 5 nitrogen and oxygen atoms in total. The number of benzene rings is 1. The Morgan fingerprint density at radius 1 is 1.07 bits per heavy atom. The molecule has 1 amide bonds. The molecule has 1 aliphatic rings. The van der Waals surface area contributed by atoms with Crippen LogP contribution in [0.15, 0.2) is 54.9 Å². The molecule has 30 heavy (non-hydrogen) atoms. The molecule has 1 saturated carbocycles. The van der Waals surface area contributed by atoms with Crippen molar-refractivity contribution in [1.29, 1.82) is 0 Å². The quantitative estimate of drug-likeness (QED) is 0.653. The van der Waals surface area contributed by atoms with Crippen LogP contribution in [-0.2, 0) is 6.18 Å². The largest absolute Gasteiger partial charge is 0.433 e. The maximum atomic E-state index is 13.6. The predicted octanol–water partition coefficient (Wildman–Crippen LogP) is 5.02. The lowest BCUT2D eigenvalue weighted by atomic mass is 9.95. The summed E-state index contributed by atoms with van der Waals surface area (Å²) in [5, 5.41) is 7.15. The lowest BCUT2D eigenvalue weighted by Crippen LogP contribution is -2.36. The molecule has 1 aliphatic carbocycles. The molecule has 0 saturated heterocycles. The molecule has 0 bridgehead atoms. The minimum atomic E-state index is -4.58. The maximum absolute atomic E-state index is 13.6. The molecule has 2 aromatic heterocycles. The van der Waals surface area contributed by atoms with Crippen LogP contribution in [-0.4, -0.2) is 26.7 Å². The van der Waals surface area contributed by atoms with E-state index in [9.17, 15) is 18.0 Å². The molecule has 1 aromatic carbocycles. The van der Waals surface area contributed by atoms with Crippen molar-refractivity contribution in [3.05, 3.63) is 66.1 Å². The Labute approximate surface area is 171 Å². The molecule has 0 aliphatic heterocycles. The lowest BCUT2D eigenvalue weighted by Gasteiger charge is -2.22. The Kier molecular flexibility index (Phi) is 5.57. The number of carbonyl (C=O) groups is 1. The van der Waals surface area contributed by atoms with Crippen molar-refractivity contribution in [2.24, 2.45) is 0 Å². The molecule has 3 aromatic rings. The van der Waals surface area contributed by atoms with Crippen LogP contribution in [0.1, 0.15) is 48.2 Å². The summed E-state index contributed by atoms with van der Waals surface area (Å²) in [6, 6.07) is 10.5. The van der Waals surface area contributed by atoms with Gasteiger partial charge < -0.3 is 5.32 Å². The molecule has 1 N–H and O–H groups in total. The fraction of sp³-hybridized carbons (Fsp3) is 0.318. The highest BCUT2D eigenvalue weighted by Crippen LogP contribution is 2.34. The van der Waals surface area contributed by atoms with Gasteiger partial charge in [0.05, 0.1) is 11.4 Å². The summed E-state index contributed by atoms with van der Waals surface area (Å²) in [7, 11) is 0. The number of carbonyl (C=O) groups excluding carboxylic acids is 1. The third kappa shape index (κ3) is 4.37. The van der Waals surface area contributed by atoms with Crippen molar-refractivity contribution in [2.45, 2.75) is 44.3 Å². The monoisotopic (exact) mass is 414 g/mol.